The highest BCUT2D eigenvalue weighted by Crippen LogP contribution is 2.39. The molecule has 2 N–H and O–H groups in total. The molecule has 5 rings (SSSR count). The number of likely N-dealkylation sites (N-methyl/N-ethyl adjacent to an activating group) is 1. The van der Waals surface area contributed by atoms with Crippen LogP contribution in [0.2, 0.25) is 5.02 Å². The summed E-state index contributed by atoms with van der Waals surface area (Å²) in [6.07, 6.45) is 0.705. The van der Waals surface area contributed by atoms with Crippen LogP contribution in [0.4, 0.5) is 4.79 Å². The number of benzene rings is 1. The quantitative estimate of drug-likeness (QED) is 0.584. The molecule has 194 valence electrons. The zero-order chi connectivity index (χ0) is 25.8. The number of sulfonamides is 1. The summed E-state index contributed by atoms with van der Waals surface area (Å²) in [7, 11) is -0.348. The number of thiophene rings is 1. The average Bonchev–Trinajstić information content (AvgIpc) is 3.42. The molecule has 0 radical (unpaired) electrons. The number of hydrazine groups is 1. The molecule has 0 aliphatic carbocycles. The van der Waals surface area contributed by atoms with E-state index in [1.807, 2.05) is 7.05 Å². The van der Waals surface area contributed by atoms with Crippen LogP contribution < -0.4 is 10.7 Å². The van der Waals surface area contributed by atoms with Crippen molar-refractivity contribution < 1.29 is 18.0 Å². The Kier molecular flexibility index (Phi) is 6.79. The fraction of sp³-hybridized carbons (Fsp3) is 0.455. The summed E-state index contributed by atoms with van der Waals surface area (Å²) in [5.41, 5.74) is 4.37. The first kappa shape index (κ1) is 25.5. The van der Waals surface area contributed by atoms with Gasteiger partial charge < -0.3 is 15.1 Å². The molecule has 1 fully saturated rings. The van der Waals surface area contributed by atoms with E-state index in [9.17, 15) is 18.0 Å². The van der Waals surface area contributed by atoms with E-state index in [0.717, 1.165) is 26.5 Å². The van der Waals surface area contributed by atoms with Crippen LogP contribution in [0.3, 0.4) is 0 Å². The van der Waals surface area contributed by atoms with Gasteiger partial charge in [0.2, 0.25) is 5.91 Å². The summed E-state index contributed by atoms with van der Waals surface area (Å²) >= 11 is 8.85. The summed E-state index contributed by atoms with van der Waals surface area (Å²) in [4.78, 5) is 30.0. The molecule has 3 amide bonds. The number of carbonyl (C=O) groups is 2. The molecule has 2 aromatic rings. The highest BCUT2D eigenvalue weighted by molar-refractivity contribution is 8.03. The Bertz CT molecular complexity index is 1360. The zero-order valence-electron chi connectivity index (χ0n) is 20.0. The molecule has 36 heavy (non-hydrogen) atoms. The van der Waals surface area contributed by atoms with Crippen LogP contribution in [0.15, 0.2) is 39.2 Å². The summed E-state index contributed by atoms with van der Waals surface area (Å²) in [5, 5.41) is 6.64. The van der Waals surface area contributed by atoms with Crippen molar-refractivity contribution in [1.29, 1.82) is 0 Å². The summed E-state index contributed by atoms with van der Waals surface area (Å²) in [5.74, 6) is -0.410. The molecule has 4 heterocycles. The number of urea groups is 1. The Morgan fingerprint density at radius 1 is 1.19 bits per heavy atom. The molecule has 1 aromatic carbocycles. The van der Waals surface area contributed by atoms with E-state index in [2.05, 4.69) is 22.6 Å². The number of piperazine rings is 1. The number of fused-ring (bicyclic) bond motifs is 1. The van der Waals surface area contributed by atoms with Crippen molar-refractivity contribution in [3.05, 3.63) is 40.0 Å². The van der Waals surface area contributed by atoms with Crippen molar-refractivity contribution in [1.82, 2.24) is 29.9 Å². The molecule has 0 bridgehead atoms. The van der Waals surface area contributed by atoms with E-state index in [1.54, 1.807) is 36.0 Å². The molecule has 14 heteroatoms. The maximum Gasteiger partial charge on any atom is 0.339 e. The number of rotatable bonds is 3. The molecule has 2 atom stereocenters. The Hall–Kier alpha value is -2.19. The summed E-state index contributed by atoms with van der Waals surface area (Å²) in [6.45, 7) is 2.62. The molecule has 0 saturated carbocycles. The fourth-order valence-corrected chi connectivity index (χ4v) is 9.04. The van der Waals surface area contributed by atoms with Gasteiger partial charge in [-0.25, -0.2) is 18.2 Å². The Labute approximate surface area is 223 Å². The zero-order valence-corrected chi connectivity index (χ0v) is 23.2. The lowest BCUT2D eigenvalue weighted by Gasteiger charge is -2.42. The van der Waals surface area contributed by atoms with Gasteiger partial charge in [0, 0.05) is 62.1 Å². The van der Waals surface area contributed by atoms with Gasteiger partial charge in [0.15, 0.2) is 0 Å². The van der Waals surface area contributed by atoms with Crippen molar-refractivity contribution in [3.8, 4) is 0 Å². The first-order chi connectivity index (χ1) is 17.1. The van der Waals surface area contributed by atoms with Crippen molar-refractivity contribution >= 4 is 66.7 Å². The van der Waals surface area contributed by atoms with E-state index in [1.165, 1.54) is 27.0 Å². The summed E-state index contributed by atoms with van der Waals surface area (Å²) < 4.78 is 29.2. The maximum atomic E-state index is 13.5. The van der Waals surface area contributed by atoms with Crippen LogP contribution >= 0.6 is 34.7 Å². The molecule has 1 saturated heterocycles. The standard InChI is InChI=1S/C22H27ClN6O4S3/c1-13-26(3)16-6-7-29(25-21(16)34-13)22(31)28-9-8-27(12-17(28)20(30)24-2)36(32,33)19-10-14-4-5-15(23)11-18(14)35-19/h4-5,10-11,13,17,25H,6-9,12H2,1-3H3,(H,24,30). The van der Waals surface area contributed by atoms with Gasteiger partial charge in [-0.15, -0.1) is 11.3 Å². The van der Waals surface area contributed by atoms with Gasteiger partial charge in [0.1, 0.15) is 15.3 Å². The van der Waals surface area contributed by atoms with Crippen LogP contribution in [0, 0.1) is 0 Å². The normalized spacial score (nSPS) is 23.2. The van der Waals surface area contributed by atoms with E-state index in [-0.39, 0.29) is 35.2 Å². The van der Waals surface area contributed by atoms with Gasteiger partial charge in [-0.2, -0.15) is 4.31 Å². The number of carbonyl (C=O) groups excluding carboxylic acids is 2. The molecule has 10 nitrogen and oxygen atoms in total. The third-order valence-corrected chi connectivity index (χ3v) is 11.6. The number of thioether (sulfide) groups is 1. The molecule has 0 spiro atoms. The largest absolute Gasteiger partial charge is 0.364 e. The number of hydrogen-bond acceptors (Lipinski definition) is 8. The Morgan fingerprint density at radius 2 is 1.97 bits per heavy atom. The third-order valence-electron chi connectivity index (χ3n) is 6.75. The first-order valence-electron chi connectivity index (χ1n) is 11.5. The second-order valence-electron chi connectivity index (χ2n) is 8.83. The second kappa shape index (κ2) is 9.60. The highest BCUT2D eigenvalue weighted by Gasteiger charge is 2.43. The van der Waals surface area contributed by atoms with Crippen molar-refractivity contribution in [2.24, 2.45) is 0 Å². The topological polar surface area (TPSA) is 105 Å². The summed E-state index contributed by atoms with van der Waals surface area (Å²) in [6, 6.07) is 5.56. The first-order valence-corrected chi connectivity index (χ1v) is 15.0. The average molecular weight is 571 g/mol. The van der Waals surface area contributed by atoms with E-state index in [4.69, 9.17) is 11.6 Å². The van der Waals surface area contributed by atoms with Gasteiger partial charge in [0.05, 0.1) is 5.37 Å². The number of nitrogens with zero attached hydrogens (tertiary/aromatic N) is 4. The molecular weight excluding hydrogens is 544 g/mol. The predicted molar refractivity (Wildman–Crippen MR) is 142 cm³/mol. The van der Waals surface area contributed by atoms with Gasteiger partial charge in [0.25, 0.3) is 10.0 Å². The van der Waals surface area contributed by atoms with E-state index < -0.39 is 22.0 Å². The predicted octanol–water partition coefficient (Wildman–Crippen LogP) is 2.50. The van der Waals surface area contributed by atoms with Crippen LogP contribution in [0.5, 0.6) is 0 Å². The smallest absolute Gasteiger partial charge is 0.339 e. The van der Waals surface area contributed by atoms with E-state index in [0.29, 0.717) is 18.0 Å². The lowest BCUT2D eigenvalue weighted by molar-refractivity contribution is -0.126. The Balaban J connectivity index is 1.36. The molecule has 2 unspecified atom stereocenters. The second-order valence-corrected chi connectivity index (χ2v) is 13.8. The maximum absolute atomic E-state index is 13.5. The monoisotopic (exact) mass is 570 g/mol. The lowest BCUT2D eigenvalue weighted by Crippen LogP contribution is -2.64. The minimum Gasteiger partial charge on any atom is -0.364 e. The minimum atomic E-state index is -3.86. The van der Waals surface area contributed by atoms with Crippen molar-refractivity contribution in [2.45, 2.75) is 29.0 Å². The van der Waals surface area contributed by atoms with Crippen LogP contribution in [0.25, 0.3) is 10.1 Å². The van der Waals surface area contributed by atoms with Gasteiger partial charge >= 0.3 is 6.03 Å². The van der Waals surface area contributed by atoms with Crippen molar-refractivity contribution in [3.63, 3.8) is 0 Å². The molecule has 3 aliphatic rings. The number of halogens is 1. The molecular formula is C22H27ClN6O4S3. The number of nitrogens with one attached hydrogen (secondary N) is 2. The number of hydrogen-bond donors (Lipinski definition) is 2. The van der Waals surface area contributed by atoms with E-state index >= 15 is 0 Å². The van der Waals surface area contributed by atoms with Crippen LogP contribution in [0.1, 0.15) is 13.3 Å². The van der Waals surface area contributed by atoms with Crippen LogP contribution in [-0.2, 0) is 14.8 Å². The van der Waals surface area contributed by atoms with Crippen LogP contribution in [-0.4, -0.2) is 91.2 Å². The highest BCUT2D eigenvalue weighted by atomic mass is 35.5. The Morgan fingerprint density at radius 3 is 2.72 bits per heavy atom. The fourth-order valence-electron chi connectivity index (χ4n) is 4.60. The number of amides is 3. The van der Waals surface area contributed by atoms with Gasteiger partial charge in [-0.1, -0.05) is 29.4 Å². The molecule has 1 aromatic heterocycles. The lowest BCUT2D eigenvalue weighted by atomic mass is 10.2. The van der Waals surface area contributed by atoms with Gasteiger partial charge in [-0.3, -0.25) is 10.2 Å². The SMILES string of the molecule is CNC(=O)C1CN(S(=O)(=O)c2cc3ccc(Cl)cc3s2)CCN1C(=O)N1CCC2=C(N1)SC(C)N2C. The van der Waals surface area contributed by atoms with Crippen molar-refractivity contribution in [2.75, 3.05) is 40.3 Å². The molecule has 3 aliphatic heterocycles. The minimum absolute atomic E-state index is 0.0902. The third kappa shape index (κ3) is 4.40. The van der Waals surface area contributed by atoms with Gasteiger partial charge in [-0.05, 0) is 30.5 Å².